The van der Waals surface area contributed by atoms with Crippen molar-refractivity contribution in [2.75, 3.05) is 21.3 Å². The lowest BCUT2D eigenvalue weighted by Crippen LogP contribution is -2.13. The number of esters is 1. The minimum absolute atomic E-state index is 0.311. The lowest BCUT2D eigenvalue weighted by atomic mass is 10.0. The molecule has 0 saturated carbocycles. The van der Waals surface area contributed by atoms with Gasteiger partial charge in [-0.15, -0.1) is 0 Å². The average molecular weight is 378 g/mol. The molecular weight excluding hydrogens is 356 g/mol. The van der Waals surface area contributed by atoms with Gasteiger partial charge in [-0.1, -0.05) is 60.7 Å². The summed E-state index contributed by atoms with van der Waals surface area (Å²) in [6.45, 7) is 0. The Morgan fingerprint density at radius 1 is 0.714 bits per heavy atom. The van der Waals surface area contributed by atoms with E-state index >= 15 is 0 Å². The zero-order valence-corrected chi connectivity index (χ0v) is 16.0. The minimum atomic E-state index is -0.533. The fourth-order valence-corrected chi connectivity index (χ4v) is 2.96. The maximum absolute atomic E-state index is 13.0. The summed E-state index contributed by atoms with van der Waals surface area (Å²) in [6.07, 6.45) is -0.533. The highest BCUT2D eigenvalue weighted by Crippen LogP contribution is 2.39. The summed E-state index contributed by atoms with van der Waals surface area (Å²) in [4.78, 5) is 13.0. The topological polar surface area (TPSA) is 54.0 Å². The van der Waals surface area contributed by atoms with Crippen LogP contribution < -0.4 is 14.2 Å². The van der Waals surface area contributed by atoms with Gasteiger partial charge in [0.25, 0.3) is 0 Å². The number of rotatable bonds is 7. The highest BCUT2D eigenvalue weighted by atomic mass is 16.5. The van der Waals surface area contributed by atoms with Crippen LogP contribution in [0.2, 0.25) is 0 Å². The number of carbonyl (C=O) groups excluding carboxylic acids is 1. The van der Waals surface area contributed by atoms with Crippen LogP contribution in [0.15, 0.2) is 72.8 Å². The van der Waals surface area contributed by atoms with Crippen molar-refractivity contribution in [1.29, 1.82) is 0 Å². The Labute approximate surface area is 164 Å². The summed E-state index contributed by atoms with van der Waals surface area (Å²) in [5, 5.41) is 0. The molecule has 3 rings (SSSR count). The Morgan fingerprint density at radius 2 is 1.18 bits per heavy atom. The molecule has 0 fully saturated rings. The van der Waals surface area contributed by atoms with E-state index in [-0.39, 0.29) is 0 Å². The van der Waals surface area contributed by atoms with Crippen molar-refractivity contribution in [1.82, 2.24) is 0 Å². The summed E-state index contributed by atoms with van der Waals surface area (Å²) in [7, 11) is 4.52. The van der Waals surface area contributed by atoms with E-state index in [4.69, 9.17) is 18.9 Å². The molecule has 0 heterocycles. The number of hydrogen-bond acceptors (Lipinski definition) is 5. The molecule has 0 saturated heterocycles. The third kappa shape index (κ3) is 4.09. The van der Waals surface area contributed by atoms with Gasteiger partial charge in [0.1, 0.15) is 0 Å². The van der Waals surface area contributed by atoms with Crippen LogP contribution in [0.1, 0.15) is 27.6 Å². The number of benzene rings is 3. The van der Waals surface area contributed by atoms with Crippen molar-refractivity contribution in [3.8, 4) is 17.2 Å². The van der Waals surface area contributed by atoms with Crippen LogP contribution in [-0.4, -0.2) is 27.3 Å². The molecule has 0 aromatic heterocycles. The van der Waals surface area contributed by atoms with Gasteiger partial charge in [0.05, 0.1) is 26.9 Å². The normalized spacial score (nSPS) is 10.4. The van der Waals surface area contributed by atoms with Crippen molar-refractivity contribution < 1.29 is 23.7 Å². The molecular formula is C23H22O5. The smallest absolute Gasteiger partial charge is 0.339 e. The average Bonchev–Trinajstić information content (AvgIpc) is 2.77. The van der Waals surface area contributed by atoms with Gasteiger partial charge in [0, 0.05) is 0 Å². The molecule has 5 nitrogen and oxygen atoms in total. The molecule has 0 N–H and O–H groups in total. The van der Waals surface area contributed by atoms with E-state index in [1.165, 1.54) is 21.3 Å². The van der Waals surface area contributed by atoms with Gasteiger partial charge in [0.2, 0.25) is 5.75 Å². The zero-order chi connectivity index (χ0) is 19.9. The van der Waals surface area contributed by atoms with E-state index < -0.39 is 12.1 Å². The Kier molecular flexibility index (Phi) is 6.17. The van der Waals surface area contributed by atoms with Gasteiger partial charge >= 0.3 is 5.97 Å². The van der Waals surface area contributed by atoms with Crippen LogP contribution in [0, 0.1) is 0 Å². The molecule has 3 aromatic carbocycles. The van der Waals surface area contributed by atoms with Crippen molar-refractivity contribution in [3.63, 3.8) is 0 Å². The number of methoxy groups -OCH3 is 3. The van der Waals surface area contributed by atoms with Gasteiger partial charge in [0.15, 0.2) is 17.6 Å². The highest BCUT2D eigenvalue weighted by molar-refractivity contribution is 5.91. The predicted octanol–water partition coefficient (Wildman–Crippen LogP) is 4.66. The highest BCUT2D eigenvalue weighted by Gasteiger charge is 2.23. The molecule has 0 bridgehead atoms. The van der Waals surface area contributed by atoms with Gasteiger partial charge in [-0.05, 0) is 23.3 Å². The molecule has 0 aliphatic heterocycles. The molecule has 0 unspecified atom stereocenters. The first-order chi connectivity index (χ1) is 13.7. The van der Waals surface area contributed by atoms with E-state index in [9.17, 15) is 4.79 Å². The van der Waals surface area contributed by atoms with Crippen LogP contribution in [-0.2, 0) is 4.74 Å². The molecule has 0 atom stereocenters. The van der Waals surface area contributed by atoms with Gasteiger partial charge in [-0.2, -0.15) is 0 Å². The number of hydrogen-bond donors (Lipinski definition) is 0. The van der Waals surface area contributed by atoms with Crippen molar-refractivity contribution in [2.45, 2.75) is 6.10 Å². The standard InChI is InChI=1S/C23H22O5/c1-25-19-14-18(15-20(26-2)22(19)27-3)23(24)28-21(16-10-6-4-7-11-16)17-12-8-5-9-13-17/h4-15,21H,1-3H3. The van der Waals surface area contributed by atoms with E-state index in [2.05, 4.69) is 0 Å². The van der Waals surface area contributed by atoms with Gasteiger partial charge < -0.3 is 18.9 Å². The van der Waals surface area contributed by atoms with Gasteiger partial charge in [-0.25, -0.2) is 4.79 Å². The minimum Gasteiger partial charge on any atom is -0.493 e. The third-order valence-corrected chi connectivity index (χ3v) is 4.33. The van der Waals surface area contributed by atoms with E-state index in [0.29, 0.717) is 22.8 Å². The van der Waals surface area contributed by atoms with Crippen LogP contribution in [0.5, 0.6) is 17.2 Å². The molecule has 28 heavy (non-hydrogen) atoms. The summed E-state index contributed by atoms with van der Waals surface area (Å²) >= 11 is 0. The maximum atomic E-state index is 13.0. The lowest BCUT2D eigenvalue weighted by Gasteiger charge is -2.20. The van der Waals surface area contributed by atoms with Crippen LogP contribution in [0.4, 0.5) is 0 Å². The second-order valence-electron chi connectivity index (χ2n) is 6.02. The first-order valence-corrected chi connectivity index (χ1v) is 8.78. The third-order valence-electron chi connectivity index (χ3n) is 4.33. The maximum Gasteiger partial charge on any atom is 0.339 e. The number of carbonyl (C=O) groups is 1. The van der Waals surface area contributed by atoms with E-state index in [1.807, 2.05) is 60.7 Å². The van der Waals surface area contributed by atoms with E-state index in [0.717, 1.165) is 11.1 Å². The van der Waals surface area contributed by atoms with E-state index in [1.54, 1.807) is 12.1 Å². The van der Waals surface area contributed by atoms with Crippen molar-refractivity contribution >= 4 is 5.97 Å². The van der Waals surface area contributed by atoms with Crippen LogP contribution >= 0.6 is 0 Å². The first-order valence-electron chi connectivity index (χ1n) is 8.78. The zero-order valence-electron chi connectivity index (χ0n) is 16.0. The summed E-state index contributed by atoms with van der Waals surface area (Å²) in [5.41, 5.74) is 2.08. The monoisotopic (exact) mass is 378 g/mol. The Balaban J connectivity index is 1.97. The summed E-state index contributed by atoms with van der Waals surface area (Å²) in [5.74, 6) is 0.718. The molecule has 5 heteroatoms. The van der Waals surface area contributed by atoms with Crippen LogP contribution in [0.25, 0.3) is 0 Å². The quantitative estimate of drug-likeness (QED) is 0.560. The summed E-state index contributed by atoms with van der Waals surface area (Å²) in [6, 6.07) is 22.4. The summed E-state index contributed by atoms with van der Waals surface area (Å²) < 4.78 is 21.9. The first kappa shape index (κ1) is 19.3. The van der Waals surface area contributed by atoms with Crippen molar-refractivity contribution in [2.24, 2.45) is 0 Å². The Morgan fingerprint density at radius 3 is 1.57 bits per heavy atom. The molecule has 144 valence electrons. The van der Waals surface area contributed by atoms with Crippen LogP contribution in [0.3, 0.4) is 0 Å². The molecule has 0 spiro atoms. The second-order valence-corrected chi connectivity index (χ2v) is 6.02. The SMILES string of the molecule is COc1cc(C(=O)OC(c2ccccc2)c2ccccc2)cc(OC)c1OC. The largest absolute Gasteiger partial charge is 0.493 e. The fourth-order valence-electron chi connectivity index (χ4n) is 2.96. The number of ether oxygens (including phenoxy) is 4. The Bertz CT molecular complexity index is 858. The second kappa shape index (κ2) is 8.95. The lowest BCUT2D eigenvalue weighted by molar-refractivity contribution is 0.0377. The molecule has 0 aliphatic carbocycles. The molecule has 0 radical (unpaired) electrons. The Hall–Kier alpha value is -3.47. The molecule has 3 aromatic rings. The predicted molar refractivity (Wildman–Crippen MR) is 106 cm³/mol. The molecule has 0 amide bonds. The fraction of sp³-hybridized carbons (Fsp3) is 0.174. The van der Waals surface area contributed by atoms with Crippen molar-refractivity contribution in [3.05, 3.63) is 89.5 Å². The molecule has 0 aliphatic rings. The van der Waals surface area contributed by atoms with Gasteiger partial charge in [-0.3, -0.25) is 0 Å².